The highest BCUT2D eigenvalue weighted by atomic mass is 35.5. The van der Waals surface area contributed by atoms with Crippen molar-refractivity contribution in [3.05, 3.63) is 20.5 Å². The van der Waals surface area contributed by atoms with E-state index in [1.165, 1.54) is 11.8 Å². The number of halogens is 4. The summed E-state index contributed by atoms with van der Waals surface area (Å²) in [4.78, 5) is 0. The minimum absolute atomic E-state index is 0.295. The van der Waals surface area contributed by atoms with Crippen LogP contribution in [0, 0.1) is 0 Å². The predicted molar refractivity (Wildman–Crippen MR) is 49.9 cm³/mol. The van der Waals surface area contributed by atoms with Crippen LogP contribution < -0.4 is 0 Å². The minimum atomic E-state index is -0.295. The van der Waals surface area contributed by atoms with Gasteiger partial charge in [-0.1, -0.05) is 34.8 Å². The van der Waals surface area contributed by atoms with Gasteiger partial charge < -0.3 is 0 Å². The van der Waals surface area contributed by atoms with E-state index in [1.54, 1.807) is 5.41 Å². The van der Waals surface area contributed by atoms with Crippen molar-refractivity contribution in [2.75, 3.05) is 0 Å². The largest absolute Gasteiger partial charge is 0.120 e. The van der Waals surface area contributed by atoms with Crippen molar-refractivity contribution in [2.24, 2.45) is 0 Å². The smallest absolute Gasteiger partial charge is 0.107 e. The molecule has 0 aromatic heterocycles. The molecule has 1 rings (SSSR count). The third kappa shape index (κ3) is 1.77. The van der Waals surface area contributed by atoms with E-state index >= 15 is 0 Å². The van der Waals surface area contributed by atoms with Crippen molar-refractivity contribution in [2.45, 2.75) is 4.71 Å². The molecule has 56 valence electrons. The Balaban J connectivity index is 2.94. The van der Waals surface area contributed by atoms with Crippen LogP contribution in [0.1, 0.15) is 0 Å². The zero-order valence-electron chi connectivity index (χ0n) is 4.57. The Hall–Kier alpha value is 0.990. The maximum absolute atomic E-state index is 5.71. The monoisotopic (exact) mass is 234 g/mol. The number of thioether (sulfide) groups is 1. The van der Waals surface area contributed by atoms with Crippen molar-refractivity contribution in [1.29, 1.82) is 0 Å². The van der Waals surface area contributed by atoms with Gasteiger partial charge >= 0.3 is 0 Å². The summed E-state index contributed by atoms with van der Waals surface area (Å²) >= 11 is 24.0. The first-order valence-electron chi connectivity index (χ1n) is 2.33. The number of hydrogen-bond acceptors (Lipinski definition) is 1. The maximum Gasteiger partial charge on any atom is 0.120 e. The third-order valence-corrected chi connectivity index (χ3v) is 3.96. The zero-order chi connectivity index (χ0) is 7.72. The SMILES string of the molecule is ClC1=CSC(Cl)C(Cl)=C1Cl. The Bertz CT molecular complexity index is 208. The number of rotatable bonds is 0. The van der Waals surface area contributed by atoms with Gasteiger partial charge in [-0.25, -0.2) is 0 Å². The van der Waals surface area contributed by atoms with Crippen LogP contribution in [0.15, 0.2) is 20.5 Å². The van der Waals surface area contributed by atoms with Gasteiger partial charge in [-0.15, -0.1) is 23.4 Å². The molecule has 0 aliphatic carbocycles. The van der Waals surface area contributed by atoms with Gasteiger partial charge in [0.15, 0.2) is 0 Å². The second-order valence-corrected chi connectivity index (χ2v) is 4.45. The van der Waals surface area contributed by atoms with Crippen molar-refractivity contribution in [3.63, 3.8) is 0 Å². The van der Waals surface area contributed by atoms with Gasteiger partial charge in [0, 0.05) is 0 Å². The lowest BCUT2D eigenvalue weighted by Crippen LogP contribution is -1.97. The Morgan fingerprint density at radius 3 is 2.40 bits per heavy atom. The Morgan fingerprint density at radius 2 is 1.90 bits per heavy atom. The molecule has 0 N–H and O–H groups in total. The van der Waals surface area contributed by atoms with Crippen LogP contribution in [0.25, 0.3) is 0 Å². The number of hydrogen-bond donors (Lipinski definition) is 0. The van der Waals surface area contributed by atoms with Crippen molar-refractivity contribution < 1.29 is 0 Å². The average molecular weight is 236 g/mol. The molecule has 1 aliphatic rings. The van der Waals surface area contributed by atoms with Crippen molar-refractivity contribution in [3.8, 4) is 0 Å². The molecule has 5 heteroatoms. The molecule has 0 fully saturated rings. The molecule has 0 aromatic carbocycles. The molecule has 0 aromatic rings. The van der Waals surface area contributed by atoms with Crippen LogP contribution in [0.2, 0.25) is 0 Å². The van der Waals surface area contributed by atoms with Crippen molar-refractivity contribution in [1.82, 2.24) is 0 Å². The van der Waals surface area contributed by atoms with Gasteiger partial charge in [0.1, 0.15) is 4.71 Å². The Kier molecular flexibility index (Phi) is 3.26. The van der Waals surface area contributed by atoms with Gasteiger partial charge in [-0.2, -0.15) is 0 Å². The van der Waals surface area contributed by atoms with Gasteiger partial charge in [0.25, 0.3) is 0 Å². The van der Waals surface area contributed by atoms with E-state index in [2.05, 4.69) is 0 Å². The van der Waals surface area contributed by atoms with E-state index < -0.39 is 0 Å². The molecule has 0 saturated heterocycles. The average Bonchev–Trinajstić information content (AvgIpc) is 1.93. The Morgan fingerprint density at radius 1 is 1.30 bits per heavy atom. The standard InChI is InChI=1S/C5H2Cl4S/c6-2-1-10-5(9)4(8)3(2)7/h1,5H. The van der Waals surface area contributed by atoms with Crippen LogP contribution >= 0.6 is 58.2 Å². The first-order chi connectivity index (χ1) is 4.63. The first-order valence-corrected chi connectivity index (χ1v) is 4.85. The van der Waals surface area contributed by atoms with Crippen LogP contribution in [-0.4, -0.2) is 4.71 Å². The molecule has 0 spiro atoms. The molecular formula is C5H2Cl4S. The summed E-state index contributed by atoms with van der Waals surface area (Å²) in [5.41, 5.74) is 0. The lowest BCUT2D eigenvalue weighted by molar-refractivity contribution is 1.51. The molecule has 0 nitrogen and oxygen atoms in total. The van der Waals surface area contributed by atoms with E-state index in [4.69, 9.17) is 46.4 Å². The quantitative estimate of drug-likeness (QED) is 0.571. The van der Waals surface area contributed by atoms with E-state index in [9.17, 15) is 0 Å². The Labute approximate surface area is 83.2 Å². The number of allylic oxidation sites excluding steroid dienone is 2. The summed E-state index contributed by atoms with van der Waals surface area (Å²) in [6.45, 7) is 0. The molecule has 0 radical (unpaired) electrons. The highest BCUT2D eigenvalue weighted by Crippen LogP contribution is 2.40. The predicted octanol–water partition coefficient (Wildman–Crippen LogP) is 4.07. The molecule has 1 aliphatic heterocycles. The molecule has 1 atom stereocenters. The second-order valence-electron chi connectivity index (χ2n) is 1.58. The third-order valence-electron chi connectivity index (χ3n) is 0.910. The normalized spacial score (nSPS) is 26.8. The minimum Gasteiger partial charge on any atom is -0.107 e. The molecular weight excluding hydrogens is 234 g/mol. The van der Waals surface area contributed by atoms with Gasteiger partial charge in [0.05, 0.1) is 15.1 Å². The van der Waals surface area contributed by atoms with Gasteiger partial charge in [0.2, 0.25) is 0 Å². The van der Waals surface area contributed by atoms with Crippen LogP contribution in [-0.2, 0) is 0 Å². The van der Waals surface area contributed by atoms with E-state index in [0.29, 0.717) is 15.1 Å². The second kappa shape index (κ2) is 3.59. The van der Waals surface area contributed by atoms with Crippen LogP contribution in [0.5, 0.6) is 0 Å². The fourth-order valence-electron chi connectivity index (χ4n) is 0.445. The van der Waals surface area contributed by atoms with Gasteiger partial charge in [-0.3, -0.25) is 0 Å². The number of alkyl halides is 1. The molecule has 1 unspecified atom stereocenters. The molecule has 0 bridgehead atoms. The molecule has 0 amide bonds. The fraction of sp³-hybridized carbons (Fsp3) is 0.200. The zero-order valence-corrected chi connectivity index (χ0v) is 8.42. The highest BCUT2D eigenvalue weighted by Gasteiger charge is 2.19. The summed E-state index contributed by atoms with van der Waals surface area (Å²) in [5.74, 6) is 0. The lowest BCUT2D eigenvalue weighted by atomic mass is 10.5. The van der Waals surface area contributed by atoms with Crippen LogP contribution in [0.4, 0.5) is 0 Å². The highest BCUT2D eigenvalue weighted by molar-refractivity contribution is 8.04. The van der Waals surface area contributed by atoms with Crippen LogP contribution in [0.3, 0.4) is 0 Å². The fourth-order valence-corrected chi connectivity index (χ4v) is 2.21. The summed E-state index contributed by atoms with van der Waals surface area (Å²) in [6.07, 6.45) is 0. The summed E-state index contributed by atoms with van der Waals surface area (Å²) in [6, 6.07) is 0. The lowest BCUT2D eigenvalue weighted by Gasteiger charge is -2.12. The molecule has 10 heavy (non-hydrogen) atoms. The molecule has 0 saturated carbocycles. The van der Waals surface area contributed by atoms with E-state index in [1.807, 2.05) is 0 Å². The van der Waals surface area contributed by atoms with Crippen molar-refractivity contribution >= 4 is 58.2 Å². The van der Waals surface area contributed by atoms with E-state index in [-0.39, 0.29) is 4.71 Å². The summed E-state index contributed by atoms with van der Waals surface area (Å²) in [7, 11) is 0. The summed E-state index contributed by atoms with van der Waals surface area (Å²) in [5, 5.41) is 2.88. The summed E-state index contributed by atoms with van der Waals surface area (Å²) < 4.78 is -0.295. The maximum atomic E-state index is 5.71. The van der Waals surface area contributed by atoms with E-state index in [0.717, 1.165) is 0 Å². The molecule has 1 heterocycles. The first kappa shape index (κ1) is 9.08. The topological polar surface area (TPSA) is 0 Å². The van der Waals surface area contributed by atoms with Gasteiger partial charge in [-0.05, 0) is 5.41 Å².